The number of halogens is 3. The van der Waals surface area contributed by atoms with Gasteiger partial charge in [0.1, 0.15) is 18.2 Å². The van der Waals surface area contributed by atoms with Gasteiger partial charge in [-0.2, -0.15) is 0 Å². The molecule has 1 aliphatic heterocycles. The predicted molar refractivity (Wildman–Crippen MR) is 84.7 cm³/mol. The van der Waals surface area contributed by atoms with E-state index in [9.17, 15) is 13.6 Å². The van der Waals surface area contributed by atoms with Crippen LogP contribution >= 0.6 is 22.6 Å². The molecule has 0 atom stereocenters. The van der Waals surface area contributed by atoms with E-state index >= 15 is 0 Å². The van der Waals surface area contributed by atoms with Crippen LogP contribution in [0.1, 0.15) is 11.1 Å². The maximum atomic E-state index is 14.0. The summed E-state index contributed by atoms with van der Waals surface area (Å²) in [5, 5.41) is 2.69. The molecule has 2 aromatic rings. The van der Waals surface area contributed by atoms with Crippen LogP contribution in [-0.4, -0.2) is 18.2 Å². The fourth-order valence-electron chi connectivity index (χ4n) is 2.18. The molecule has 1 amide bonds. The van der Waals surface area contributed by atoms with Crippen molar-refractivity contribution in [2.45, 2.75) is 0 Å². The summed E-state index contributed by atoms with van der Waals surface area (Å²) in [6.45, 7) is -0.172. The molecular formula is C15H9F2IN2O. The van der Waals surface area contributed by atoms with Crippen molar-refractivity contribution in [3.05, 3.63) is 62.7 Å². The lowest BCUT2D eigenvalue weighted by molar-refractivity contribution is -0.114. The Balaban J connectivity index is 2.28. The van der Waals surface area contributed by atoms with Crippen LogP contribution in [0.15, 0.2) is 41.4 Å². The van der Waals surface area contributed by atoms with Crippen molar-refractivity contribution >= 4 is 39.9 Å². The van der Waals surface area contributed by atoms with Crippen molar-refractivity contribution < 1.29 is 13.6 Å². The van der Waals surface area contributed by atoms with Gasteiger partial charge in [0.05, 0.1) is 17.0 Å². The molecule has 1 heterocycles. The number of fused-ring (bicyclic) bond motifs is 1. The number of hydrogen-bond acceptors (Lipinski definition) is 2. The summed E-state index contributed by atoms with van der Waals surface area (Å²) in [6.07, 6.45) is 0. The quantitative estimate of drug-likeness (QED) is 0.736. The minimum Gasteiger partial charge on any atom is -0.324 e. The number of rotatable bonds is 1. The van der Waals surface area contributed by atoms with E-state index in [4.69, 9.17) is 0 Å². The van der Waals surface area contributed by atoms with E-state index < -0.39 is 11.6 Å². The lowest BCUT2D eigenvalue weighted by atomic mass is 9.99. The number of benzene rings is 2. The fourth-order valence-corrected chi connectivity index (χ4v) is 2.68. The zero-order valence-corrected chi connectivity index (χ0v) is 12.8. The molecule has 0 spiro atoms. The Morgan fingerprint density at radius 3 is 2.57 bits per heavy atom. The highest BCUT2D eigenvalue weighted by atomic mass is 127. The lowest BCUT2D eigenvalue weighted by Gasteiger charge is -2.11. The fraction of sp³-hybridized carbons (Fsp3) is 0.0667. The molecule has 0 radical (unpaired) electrons. The van der Waals surface area contributed by atoms with Gasteiger partial charge in [-0.3, -0.25) is 9.79 Å². The van der Waals surface area contributed by atoms with E-state index in [1.54, 1.807) is 18.2 Å². The van der Waals surface area contributed by atoms with Gasteiger partial charge in [0.2, 0.25) is 5.91 Å². The number of carbonyl (C=O) groups is 1. The Morgan fingerprint density at radius 1 is 1.14 bits per heavy atom. The van der Waals surface area contributed by atoms with E-state index in [-0.39, 0.29) is 23.7 Å². The topological polar surface area (TPSA) is 41.5 Å². The molecule has 1 aliphatic rings. The second-order valence-electron chi connectivity index (χ2n) is 4.50. The van der Waals surface area contributed by atoms with Crippen molar-refractivity contribution in [3.8, 4) is 0 Å². The van der Waals surface area contributed by atoms with Crippen LogP contribution in [0.25, 0.3) is 0 Å². The minimum absolute atomic E-state index is 0.150. The van der Waals surface area contributed by atoms with Gasteiger partial charge >= 0.3 is 0 Å². The van der Waals surface area contributed by atoms with Gasteiger partial charge in [0.15, 0.2) is 0 Å². The Bertz CT molecular complexity index is 754. The van der Waals surface area contributed by atoms with Gasteiger partial charge in [-0.1, -0.05) is 6.07 Å². The first-order valence-electron chi connectivity index (χ1n) is 6.15. The third-order valence-electron chi connectivity index (χ3n) is 3.09. The van der Waals surface area contributed by atoms with Crippen molar-refractivity contribution in [2.75, 3.05) is 11.9 Å². The van der Waals surface area contributed by atoms with Crippen molar-refractivity contribution in [1.29, 1.82) is 0 Å². The van der Waals surface area contributed by atoms with Crippen molar-refractivity contribution in [3.63, 3.8) is 0 Å². The number of benzodiazepines with no additional fused rings is 1. The van der Waals surface area contributed by atoms with Gasteiger partial charge in [-0.15, -0.1) is 0 Å². The summed E-state index contributed by atoms with van der Waals surface area (Å²) in [6, 6.07) is 8.90. The van der Waals surface area contributed by atoms with Crippen molar-refractivity contribution in [1.82, 2.24) is 0 Å². The van der Waals surface area contributed by atoms with Crippen LogP contribution in [0.3, 0.4) is 0 Å². The summed E-state index contributed by atoms with van der Waals surface area (Å²) in [5.41, 5.74) is 0.950. The maximum absolute atomic E-state index is 14.0. The van der Waals surface area contributed by atoms with E-state index in [2.05, 4.69) is 32.9 Å². The van der Waals surface area contributed by atoms with Crippen LogP contribution in [0, 0.1) is 15.2 Å². The van der Waals surface area contributed by atoms with Crippen LogP contribution in [0.2, 0.25) is 0 Å². The summed E-state index contributed by atoms with van der Waals surface area (Å²) >= 11 is 2.10. The average molecular weight is 398 g/mol. The first kappa shape index (κ1) is 14.1. The molecule has 3 nitrogen and oxygen atoms in total. The molecule has 0 aliphatic carbocycles. The summed E-state index contributed by atoms with van der Waals surface area (Å²) in [5.74, 6) is -1.72. The Hall–Kier alpha value is -1.83. The second kappa shape index (κ2) is 5.51. The molecule has 2 aromatic carbocycles. The minimum atomic E-state index is -0.701. The van der Waals surface area contributed by atoms with Crippen LogP contribution < -0.4 is 5.32 Å². The van der Waals surface area contributed by atoms with Gasteiger partial charge in [-0.25, -0.2) is 8.78 Å². The lowest BCUT2D eigenvalue weighted by Crippen LogP contribution is -2.13. The SMILES string of the molecule is O=C1CN=C(c2c(F)cccc2F)c2cc(I)ccc2N1. The van der Waals surface area contributed by atoms with Gasteiger partial charge in [0.25, 0.3) is 0 Å². The third kappa shape index (κ3) is 2.67. The average Bonchev–Trinajstić information content (AvgIpc) is 2.58. The van der Waals surface area contributed by atoms with Gasteiger partial charge < -0.3 is 5.32 Å². The number of amides is 1. The Kier molecular flexibility index (Phi) is 3.71. The smallest absolute Gasteiger partial charge is 0.246 e. The molecule has 1 N–H and O–H groups in total. The second-order valence-corrected chi connectivity index (χ2v) is 5.75. The highest BCUT2D eigenvalue weighted by Gasteiger charge is 2.23. The first-order chi connectivity index (χ1) is 10.1. The zero-order valence-electron chi connectivity index (χ0n) is 10.7. The standard InChI is InChI=1S/C15H9F2IN2O/c16-10-2-1-3-11(17)14(10)15-9-6-8(18)4-5-12(9)20-13(21)7-19-15/h1-6H,7H2,(H,20,21). The Labute approximate surface area is 133 Å². The van der Waals surface area contributed by atoms with Crippen molar-refractivity contribution in [2.24, 2.45) is 4.99 Å². The van der Waals surface area contributed by atoms with Gasteiger partial charge in [0, 0.05) is 9.13 Å². The molecule has 21 heavy (non-hydrogen) atoms. The number of carbonyl (C=O) groups excluding carboxylic acids is 1. The number of aliphatic imine (C=N–C) groups is 1. The highest BCUT2D eigenvalue weighted by Crippen LogP contribution is 2.27. The molecule has 3 rings (SSSR count). The van der Waals surface area contributed by atoms with E-state index in [1.165, 1.54) is 18.2 Å². The maximum Gasteiger partial charge on any atom is 0.246 e. The van der Waals surface area contributed by atoms with Crippen LogP contribution in [0.5, 0.6) is 0 Å². The van der Waals surface area contributed by atoms with E-state index in [0.717, 1.165) is 3.57 Å². The monoisotopic (exact) mass is 398 g/mol. The number of nitrogens with one attached hydrogen (secondary N) is 1. The number of hydrogen-bond donors (Lipinski definition) is 1. The number of nitrogens with zero attached hydrogens (tertiary/aromatic N) is 1. The molecule has 0 unspecified atom stereocenters. The van der Waals surface area contributed by atoms with E-state index in [1.807, 2.05) is 0 Å². The molecule has 0 bridgehead atoms. The molecular weight excluding hydrogens is 389 g/mol. The summed E-state index contributed by atoms with van der Waals surface area (Å²) in [7, 11) is 0. The molecule has 0 fully saturated rings. The Morgan fingerprint density at radius 2 is 1.86 bits per heavy atom. The zero-order chi connectivity index (χ0) is 15.0. The van der Waals surface area contributed by atoms with Gasteiger partial charge in [-0.05, 0) is 52.9 Å². The summed E-state index contributed by atoms with van der Waals surface area (Å²) < 4.78 is 28.9. The molecule has 0 saturated carbocycles. The van der Waals surface area contributed by atoms with Crippen LogP contribution in [-0.2, 0) is 4.79 Å². The molecule has 106 valence electrons. The normalized spacial score (nSPS) is 14.0. The summed E-state index contributed by atoms with van der Waals surface area (Å²) in [4.78, 5) is 15.8. The largest absolute Gasteiger partial charge is 0.324 e. The highest BCUT2D eigenvalue weighted by molar-refractivity contribution is 14.1. The molecule has 0 aromatic heterocycles. The predicted octanol–water partition coefficient (Wildman–Crippen LogP) is 3.36. The van der Waals surface area contributed by atoms with Crippen LogP contribution in [0.4, 0.5) is 14.5 Å². The third-order valence-corrected chi connectivity index (χ3v) is 3.76. The first-order valence-corrected chi connectivity index (χ1v) is 7.23. The van der Waals surface area contributed by atoms with E-state index in [0.29, 0.717) is 11.3 Å². The number of anilines is 1. The molecule has 6 heteroatoms. The molecule has 0 saturated heterocycles.